The van der Waals surface area contributed by atoms with E-state index in [4.69, 9.17) is 0 Å². The van der Waals surface area contributed by atoms with E-state index in [2.05, 4.69) is 15.3 Å². The molecule has 0 saturated carbocycles. The van der Waals surface area contributed by atoms with Gasteiger partial charge in [0.05, 0.1) is 33.8 Å². The highest BCUT2D eigenvalue weighted by atomic mass is 32.1. The first kappa shape index (κ1) is 18.6. The number of hydrogen-bond donors (Lipinski definition) is 2. The van der Waals surface area contributed by atoms with E-state index in [1.165, 1.54) is 28.7 Å². The zero-order chi connectivity index (χ0) is 18.8. The molecule has 0 aliphatic rings. The van der Waals surface area contributed by atoms with Crippen molar-refractivity contribution in [1.82, 2.24) is 9.97 Å². The van der Waals surface area contributed by atoms with Crippen LogP contribution in [0.1, 0.15) is 29.3 Å². The number of aryl methyl sites for hydroxylation is 1. The molecule has 2 aromatic heterocycles. The quantitative estimate of drug-likeness (QED) is 0.682. The summed E-state index contributed by atoms with van der Waals surface area (Å²) in [5.74, 6) is -2.09. The molecule has 3 aromatic rings. The minimum absolute atomic E-state index is 0.281. The maximum atomic E-state index is 13.6. The van der Waals surface area contributed by atoms with Gasteiger partial charge in [-0.15, -0.1) is 22.7 Å². The molecular formula is C17H15F2N3O2S2. The monoisotopic (exact) mass is 395 g/mol. The Bertz CT molecular complexity index is 933. The molecule has 3 rings (SSSR count). The molecule has 9 heteroatoms. The summed E-state index contributed by atoms with van der Waals surface area (Å²) in [5.41, 5.74) is 0.837. The maximum absolute atomic E-state index is 13.6. The molecule has 5 nitrogen and oxygen atoms in total. The van der Waals surface area contributed by atoms with Crippen molar-refractivity contribution in [3.05, 3.63) is 51.5 Å². The SMILES string of the molecule is Cc1nc(C(C)O)c(-c2csc(NC(=O)Cc3c(F)cccc3F)n2)s1. The number of amides is 1. The summed E-state index contributed by atoms with van der Waals surface area (Å²) in [4.78, 5) is 21.4. The van der Waals surface area contributed by atoms with Gasteiger partial charge in [0, 0.05) is 10.9 Å². The Morgan fingerprint density at radius 1 is 1.31 bits per heavy atom. The van der Waals surface area contributed by atoms with Gasteiger partial charge >= 0.3 is 0 Å². The molecule has 1 amide bonds. The molecule has 0 saturated heterocycles. The van der Waals surface area contributed by atoms with Gasteiger partial charge in [-0.1, -0.05) is 6.07 Å². The largest absolute Gasteiger partial charge is 0.387 e. The van der Waals surface area contributed by atoms with Crippen molar-refractivity contribution in [3.8, 4) is 10.6 Å². The average molecular weight is 395 g/mol. The Balaban J connectivity index is 1.76. The topological polar surface area (TPSA) is 75.1 Å². The molecule has 136 valence electrons. The van der Waals surface area contributed by atoms with Gasteiger partial charge < -0.3 is 10.4 Å². The minimum Gasteiger partial charge on any atom is -0.387 e. The van der Waals surface area contributed by atoms with Gasteiger partial charge in [-0.05, 0) is 26.0 Å². The lowest BCUT2D eigenvalue weighted by molar-refractivity contribution is -0.115. The molecule has 0 aliphatic carbocycles. The van der Waals surface area contributed by atoms with Gasteiger partial charge in [0.15, 0.2) is 5.13 Å². The minimum atomic E-state index is -0.762. The predicted molar refractivity (Wildman–Crippen MR) is 97.3 cm³/mol. The van der Waals surface area contributed by atoms with Crippen molar-refractivity contribution in [2.45, 2.75) is 26.4 Å². The van der Waals surface area contributed by atoms with E-state index in [1.54, 1.807) is 12.3 Å². The Hall–Kier alpha value is -2.23. The third-order valence-electron chi connectivity index (χ3n) is 3.54. The standard InChI is InChI=1S/C17H15F2N3O2S2/c1-8(23)15-16(26-9(2)20-15)13-7-25-17(21-13)22-14(24)6-10-11(18)4-3-5-12(10)19/h3-5,7-8,23H,6H2,1-2H3,(H,21,22,24). The van der Waals surface area contributed by atoms with E-state index in [1.807, 2.05) is 6.92 Å². The molecule has 1 unspecified atom stereocenters. The number of benzene rings is 1. The maximum Gasteiger partial charge on any atom is 0.230 e. The number of carbonyl (C=O) groups is 1. The number of nitrogens with zero attached hydrogens (tertiary/aromatic N) is 2. The lowest BCUT2D eigenvalue weighted by atomic mass is 10.1. The molecular weight excluding hydrogens is 380 g/mol. The number of hydrogen-bond acceptors (Lipinski definition) is 6. The molecule has 2 N–H and O–H groups in total. The number of thiazole rings is 2. The van der Waals surface area contributed by atoms with Crippen molar-refractivity contribution < 1.29 is 18.7 Å². The molecule has 0 bridgehead atoms. The number of anilines is 1. The Labute approximate surface area is 156 Å². The number of aliphatic hydroxyl groups is 1. The zero-order valence-corrected chi connectivity index (χ0v) is 15.5. The van der Waals surface area contributed by atoms with E-state index in [-0.39, 0.29) is 5.56 Å². The van der Waals surface area contributed by atoms with Crippen LogP contribution in [-0.4, -0.2) is 21.0 Å². The first-order chi connectivity index (χ1) is 12.3. The second kappa shape index (κ2) is 7.56. The van der Waals surface area contributed by atoms with Crippen LogP contribution in [0.4, 0.5) is 13.9 Å². The zero-order valence-electron chi connectivity index (χ0n) is 13.9. The van der Waals surface area contributed by atoms with E-state index in [0.717, 1.165) is 22.0 Å². The van der Waals surface area contributed by atoms with Crippen LogP contribution in [0.15, 0.2) is 23.6 Å². The summed E-state index contributed by atoms with van der Waals surface area (Å²) < 4.78 is 27.3. The molecule has 1 atom stereocenters. The third-order valence-corrected chi connectivity index (χ3v) is 5.31. The highest BCUT2D eigenvalue weighted by molar-refractivity contribution is 7.16. The lowest BCUT2D eigenvalue weighted by Gasteiger charge is -2.05. The van der Waals surface area contributed by atoms with E-state index < -0.39 is 30.1 Å². The Morgan fingerprint density at radius 3 is 2.65 bits per heavy atom. The summed E-state index contributed by atoms with van der Waals surface area (Å²) in [6.07, 6.45) is -1.16. The second-order valence-electron chi connectivity index (χ2n) is 5.59. The summed E-state index contributed by atoms with van der Waals surface area (Å²) in [6.45, 7) is 3.45. The number of aliphatic hydroxyl groups excluding tert-OH is 1. The highest BCUT2D eigenvalue weighted by Crippen LogP contribution is 2.35. The average Bonchev–Trinajstić information content (AvgIpc) is 3.17. The first-order valence-corrected chi connectivity index (χ1v) is 9.38. The fourth-order valence-electron chi connectivity index (χ4n) is 2.37. The lowest BCUT2D eigenvalue weighted by Crippen LogP contribution is -2.16. The Morgan fingerprint density at radius 2 is 2.00 bits per heavy atom. The number of halogens is 2. The van der Waals surface area contributed by atoms with E-state index in [9.17, 15) is 18.7 Å². The van der Waals surface area contributed by atoms with Crippen LogP contribution in [0.25, 0.3) is 10.6 Å². The van der Waals surface area contributed by atoms with E-state index in [0.29, 0.717) is 16.5 Å². The molecule has 1 aromatic carbocycles. The van der Waals surface area contributed by atoms with Crippen LogP contribution in [-0.2, 0) is 11.2 Å². The molecule has 0 radical (unpaired) electrons. The Kier molecular flexibility index (Phi) is 5.40. The van der Waals surface area contributed by atoms with Crippen molar-refractivity contribution in [1.29, 1.82) is 0 Å². The van der Waals surface area contributed by atoms with Gasteiger partial charge in [0.2, 0.25) is 5.91 Å². The van der Waals surface area contributed by atoms with Crippen LogP contribution >= 0.6 is 22.7 Å². The van der Waals surface area contributed by atoms with Crippen molar-refractivity contribution in [2.75, 3.05) is 5.32 Å². The number of nitrogens with one attached hydrogen (secondary N) is 1. The van der Waals surface area contributed by atoms with Crippen LogP contribution in [0.5, 0.6) is 0 Å². The predicted octanol–water partition coefficient (Wildman–Crippen LogP) is 4.09. The fourth-order valence-corrected chi connectivity index (χ4v) is 4.13. The molecule has 0 spiro atoms. The fraction of sp³-hybridized carbons (Fsp3) is 0.235. The normalized spacial score (nSPS) is 12.2. The van der Waals surface area contributed by atoms with Gasteiger partial charge in [-0.2, -0.15) is 0 Å². The summed E-state index contributed by atoms with van der Waals surface area (Å²) in [7, 11) is 0. The van der Waals surface area contributed by atoms with Crippen LogP contribution in [0.2, 0.25) is 0 Å². The molecule has 26 heavy (non-hydrogen) atoms. The molecule has 0 aliphatic heterocycles. The van der Waals surface area contributed by atoms with Crippen LogP contribution in [0, 0.1) is 18.6 Å². The smallest absolute Gasteiger partial charge is 0.230 e. The van der Waals surface area contributed by atoms with Gasteiger partial charge in [-0.25, -0.2) is 18.7 Å². The third kappa shape index (κ3) is 3.95. The first-order valence-electron chi connectivity index (χ1n) is 7.69. The van der Waals surface area contributed by atoms with Crippen molar-refractivity contribution >= 4 is 33.7 Å². The van der Waals surface area contributed by atoms with Gasteiger partial charge in [0.1, 0.15) is 11.6 Å². The highest BCUT2D eigenvalue weighted by Gasteiger charge is 2.19. The number of rotatable bonds is 5. The van der Waals surface area contributed by atoms with Crippen LogP contribution in [0.3, 0.4) is 0 Å². The van der Waals surface area contributed by atoms with Crippen molar-refractivity contribution in [3.63, 3.8) is 0 Å². The molecule has 2 heterocycles. The summed E-state index contributed by atoms with van der Waals surface area (Å²) in [5, 5.41) is 15.2. The van der Waals surface area contributed by atoms with Gasteiger partial charge in [-0.3, -0.25) is 4.79 Å². The van der Waals surface area contributed by atoms with Crippen molar-refractivity contribution in [2.24, 2.45) is 0 Å². The van der Waals surface area contributed by atoms with Gasteiger partial charge in [0.25, 0.3) is 0 Å². The summed E-state index contributed by atoms with van der Waals surface area (Å²) >= 11 is 2.58. The van der Waals surface area contributed by atoms with E-state index >= 15 is 0 Å². The summed E-state index contributed by atoms with van der Waals surface area (Å²) in [6, 6.07) is 3.46. The van der Waals surface area contributed by atoms with Crippen LogP contribution < -0.4 is 5.32 Å². The second-order valence-corrected chi connectivity index (χ2v) is 7.65. The number of aromatic nitrogens is 2. The molecule has 0 fully saturated rings. The number of carbonyl (C=O) groups excluding carboxylic acids is 1.